The maximum Gasteiger partial charge on any atom is 0.243 e. The Morgan fingerprint density at radius 1 is 1.39 bits per heavy atom. The van der Waals surface area contributed by atoms with Crippen molar-refractivity contribution in [2.24, 2.45) is 0 Å². The number of aromatic nitrogens is 2. The summed E-state index contributed by atoms with van der Waals surface area (Å²) < 4.78 is 31.7. The largest absolute Gasteiger partial charge is 0.377 e. The molecule has 0 spiro atoms. The van der Waals surface area contributed by atoms with Crippen molar-refractivity contribution in [3.05, 3.63) is 12.4 Å². The van der Waals surface area contributed by atoms with E-state index in [1.54, 1.807) is 0 Å². The maximum absolute atomic E-state index is 11.9. The monoisotopic (exact) mass is 272 g/mol. The summed E-state index contributed by atoms with van der Waals surface area (Å²) in [6.45, 7) is 0.962. The van der Waals surface area contributed by atoms with Gasteiger partial charge in [0.1, 0.15) is 4.90 Å². The SMILES string of the molecule is Nc1ncc(S(=O)(=O)NCC2CCCCO2)cn1. The summed E-state index contributed by atoms with van der Waals surface area (Å²) in [5, 5.41) is 0. The molecule has 1 atom stereocenters. The number of nitrogen functional groups attached to an aromatic ring is 1. The fourth-order valence-electron chi connectivity index (χ4n) is 1.72. The third-order valence-corrected chi connectivity index (χ3v) is 4.11. The predicted octanol–water partition coefficient (Wildman–Crippen LogP) is -0.0938. The van der Waals surface area contributed by atoms with Crippen LogP contribution in [0.1, 0.15) is 19.3 Å². The maximum atomic E-state index is 11.9. The lowest BCUT2D eigenvalue weighted by atomic mass is 10.1. The van der Waals surface area contributed by atoms with Gasteiger partial charge in [0.25, 0.3) is 0 Å². The molecule has 1 fully saturated rings. The molecule has 0 aliphatic carbocycles. The zero-order chi connectivity index (χ0) is 13.0. The zero-order valence-corrected chi connectivity index (χ0v) is 10.7. The second kappa shape index (κ2) is 5.59. The molecule has 1 saturated heterocycles. The van der Waals surface area contributed by atoms with Crippen LogP contribution >= 0.6 is 0 Å². The minimum Gasteiger partial charge on any atom is -0.377 e. The molecular formula is C10H16N4O3S. The molecule has 2 rings (SSSR count). The topological polar surface area (TPSA) is 107 Å². The van der Waals surface area contributed by atoms with Crippen LogP contribution in [-0.2, 0) is 14.8 Å². The first-order valence-corrected chi connectivity index (χ1v) is 7.25. The van der Waals surface area contributed by atoms with Gasteiger partial charge in [0.15, 0.2) is 0 Å². The van der Waals surface area contributed by atoms with Crippen molar-refractivity contribution < 1.29 is 13.2 Å². The van der Waals surface area contributed by atoms with E-state index >= 15 is 0 Å². The second-order valence-corrected chi connectivity index (χ2v) is 5.88. The number of nitrogens with zero attached hydrogens (tertiary/aromatic N) is 2. The quantitative estimate of drug-likeness (QED) is 0.793. The molecule has 3 N–H and O–H groups in total. The highest BCUT2D eigenvalue weighted by Gasteiger charge is 2.19. The standard InChI is InChI=1S/C10H16N4O3S/c11-10-12-6-9(7-13-10)18(15,16)14-5-8-3-1-2-4-17-8/h6-8,14H,1-5H2,(H2,11,12,13). The van der Waals surface area contributed by atoms with Gasteiger partial charge < -0.3 is 10.5 Å². The smallest absolute Gasteiger partial charge is 0.243 e. The molecule has 0 amide bonds. The number of sulfonamides is 1. The fourth-order valence-corrected chi connectivity index (χ4v) is 2.67. The first-order valence-electron chi connectivity index (χ1n) is 5.77. The minimum atomic E-state index is -3.59. The van der Waals surface area contributed by atoms with Gasteiger partial charge >= 0.3 is 0 Å². The summed E-state index contributed by atoms with van der Waals surface area (Å²) in [6, 6.07) is 0. The van der Waals surface area contributed by atoms with Gasteiger partial charge in [-0.25, -0.2) is 23.1 Å². The lowest BCUT2D eigenvalue weighted by Crippen LogP contribution is -2.35. The van der Waals surface area contributed by atoms with Crippen LogP contribution in [0.4, 0.5) is 5.95 Å². The first kappa shape index (κ1) is 13.2. The summed E-state index contributed by atoms with van der Waals surface area (Å²) in [7, 11) is -3.59. The summed E-state index contributed by atoms with van der Waals surface area (Å²) in [5.41, 5.74) is 5.30. The molecule has 1 aromatic rings. The lowest BCUT2D eigenvalue weighted by molar-refractivity contribution is 0.0200. The Kier molecular flexibility index (Phi) is 4.10. The number of rotatable bonds is 4. The molecule has 7 nitrogen and oxygen atoms in total. The predicted molar refractivity (Wildman–Crippen MR) is 65.2 cm³/mol. The zero-order valence-electron chi connectivity index (χ0n) is 9.87. The summed E-state index contributed by atoms with van der Waals surface area (Å²) >= 11 is 0. The third-order valence-electron chi connectivity index (χ3n) is 2.73. The molecule has 1 aliphatic rings. The number of hydrogen-bond donors (Lipinski definition) is 2. The van der Waals surface area contributed by atoms with E-state index in [9.17, 15) is 8.42 Å². The van der Waals surface area contributed by atoms with Crippen molar-refractivity contribution in [1.29, 1.82) is 0 Å². The molecule has 0 radical (unpaired) electrons. The van der Waals surface area contributed by atoms with Gasteiger partial charge in [-0.2, -0.15) is 0 Å². The van der Waals surface area contributed by atoms with Gasteiger partial charge in [0.05, 0.1) is 18.5 Å². The number of anilines is 1. The molecule has 8 heteroatoms. The van der Waals surface area contributed by atoms with Gasteiger partial charge in [0, 0.05) is 13.2 Å². The Labute approximate surface area is 106 Å². The lowest BCUT2D eigenvalue weighted by Gasteiger charge is -2.22. The molecule has 0 aromatic carbocycles. The summed E-state index contributed by atoms with van der Waals surface area (Å²) in [5.74, 6) is 0.0459. The Balaban J connectivity index is 1.96. The number of hydrogen-bond acceptors (Lipinski definition) is 6. The van der Waals surface area contributed by atoms with Gasteiger partial charge in [-0.1, -0.05) is 0 Å². The molecular weight excluding hydrogens is 256 g/mol. The van der Waals surface area contributed by atoms with E-state index in [4.69, 9.17) is 10.5 Å². The Morgan fingerprint density at radius 2 is 2.11 bits per heavy atom. The average molecular weight is 272 g/mol. The van der Waals surface area contributed by atoms with Crippen molar-refractivity contribution in [3.8, 4) is 0 Å². The van der Waals surface area contributed by atoms with Crippen LogP contribution in [-0.4, -0.2) is 37.6 Å². The van der Waals surface area contributed by atoms with Crippen LogP contribution in [0.2, 0.25) is 0 Å². The molecule has 18 heavy (non-hydrogen) atoms. The highest BCUT2D eigenvalue weighted by molar-refractivity contribution is 7.89. The van der Waals surface area contributed by atoms with E-state index in [1.165, 1.54) is 12.4 Å². The van der Waals surface area contributed by atoms with Crippen molar-refractivity contribution in [3.63, 3.8) is 0 Å². The van der Waals surface area contributed by atoms with E-state index in [1.807, 2.05) is 0 Å². The van der Waals surface area contributed by atoms with Crippen LogP contribution in [0.25, 0.3) is 0 Å². The van der Waals surface area contributed by atoms with E-state index in [2.05, 4.69) is 14.7 Å². The highest BCUT2D eigenvalue weighted by atomic mass is 32.2. The van der Waals surface area contributed by atoms with Crippen molar-refractivity contribution >= 4 is 16.0 Å². The average Bonchev–Trinajstić information content (AvgIpc) is 2.38. The normalized spacial score (nSPS) is 20.8. The molecule has 1 aliphatic heterocycles. The third kappa shape index (κ3) is 3.37. The van der Waals surface area contributed by atoms with Crippen molar-refractivity contribution in [2.75, 3.05) is 18.9 Å². The van der Waals surface area contributed by atoms with Gasteiger partial charge in [-0.05, 0) is 19.3 Å². The molecule has 1 aromatic heterocycles. The molecule has 0 bridgehead atoms. The van der Waals surface area contributed by atoms with Gasteiger partial charge in [-0.3, -0.25) is 0 Å². The Morgan fingerprint density at radius 3 is 2.72 bits per heavy atom. The van der Waals surface area contributed by atoms with Crippen LogP contribution in [0.5, 0.6) is 0 Å². The van der Waals surface area contributed by atoms with Crippen molar-refractivity contribution in [2.45, 2.75) is 30.3 Å². The van der Waals surface area contributed by atoms with Crippen LogP contribution in [0.15, 0.2) is 17.3 Å². The van der Waals surface area contributed by atoms with E-state index in [0.717, 1.165) is 19.3 Å². The summed E-state index contributed by atoms with van der Waals surface area (Å²) in [6.07, 6.45) is 5.30. The highest BCUT2D eigenvalue weighted by Crippen LogP contribution is 2.13. The molecule has 100 valence electrons. The first-order chi connectivity index (χ1) is 8.58. The Hall–Kier alpha value is -1.25. The minimum absolute atomic E-state index is 0.00695. The summed E-state index contributed by atoms with van der Waals surface area (Å²) in [4.78, 5) is 7.32. The molecule has 1 unspecified atom stereocenters. The van der Waals surface area contributed by atoms with Gasteiger partial charge in [-0.15, -0.1) is 0 Å². The van der Waals surface area contributed by atoms with Crippen LogP contribution < -0.4 is 10.5 Å². The second-order valence-electron chi connectivity index (χ2n) is 4.12. The van der Waals surface area contributed by atoms with Crippen LogP contribution in [0, 0.1) is 0 Å². The number of nitrogens with two attached hydrogens (primary N) is 1. The Bertz CT molecular complexity index is 482. The molecule has 2 heterocycles. The number of nitrogens with one attached hydrogen (secondary N) is 1. The molecule has 0 saturated carbocycles. The van der Waals surface area contributed by atoms with E-state index in [-0.39, 0.29) is 23.5 Å². The number of ether oxygens (including phenoxy) is 1. The van der Waals surface area contributed by atoms with E-state index in [0.29, 0.717) is 6.61 Å². The van der Waals surface area contributed by atoms with Gasteiger partial charge in [0.2, 0.25) is 16.0 Å². The van der Waals surface area contributed by atoms with E-state index < -0.39 is 10.0 Å². The van der Waals surface area contributed by atoms with Crippen LogP contribution in [0.3, 0.4) is 0 Å². The fraction of sp³-hybridized carbons (Fsp3) is 0.600. The van der Waals surface area contributed by atoms with Crippen molar-refractivity contribution in [1.82, 2.24) is 14.7 Å².